The smallest absolute Gasteiger partial charge is 0.274 e. The first-order valence-electron chi connectivity index (χ1n) is 14.2. The molecule has 0 aromatic heterocycles. The van der Waals surface area contributed by atoms with Crippen molar-refractivity contribution in [3.05, 3.63) is 5.53 Å². The Morgan fingerprint density at radius 1 is 1.00 bits per heavy atom. The summed E-state index contributed by atoms with van der Waals surface area (Å²) in [5.41, 5.74) is 7.71. The van der Waals surface area contributed by atoms with E-state index >= 15 is 0 Å². The Balaban J connectivity index is 3.08. The van der Waals surface area contributed by atoms with Crippen LogP contribution in [0.2, 0.25) is 0 Å². The third-order valence-corrected chi connectivity index (χ3v) is 1.71. The summed E-state index contributed by atoms with van der Waals surface area (Å²) in [7, 11) is 0. The second-order valence-electron chi connectivity index (χ2n) is 2.60. The van der Waals surface area contributed by atoms with Crippen molar-refractivity contribution >= 4 is 5.71 Å². The Morgan fingerprint density at radius 2 is 1.53 bits per heavy atom. The second kappa shape index (κ2) is 5.46. The third kappa shape index (κ3) is 2.69. The molecule has 15 heavy (non-hydrogen) atoms. The minimum atomic E-state index is -4.12. The molecule has 2 saturated carbocycles. The van der Waals surface area contributed by atoms with Crippen LogP contribution < -0.4 is 0 Å². The Bertz CT molecular complexity index is 894. The number of nitrogens with zero attached hydrogens (tertiary/aromatic N) is 2. The van der Waals surface area contributed by atoms with E-state index < -0.39 is 81.3 Å². The van der Waals surface area contributed by atoms with Crippen LogP contribution >= 0.6 is 0 Å². The topological polar surface area (TPSA) is 36.4 Å². The third-order valence-electron chi connectivity index (χ3n) is 1.71. The van der Waals surface area contributed by atoms with Gasteiger partial charge in [0.05, 0.1) is 11.8 Å². The lowest BCUT2D eigenvalue weighted by Gasteiger charge is -2.24. The van der Waals surface area contributed by atoms with Gasteiger partial charge in [0.2, 0.25) is 0 Å². The summed E-state index contributed by atoms with van der Waals surface area (Å²) in [6.45, 7) is 0. The molecule has 0 spiro atoms. The molecule has 2 aliphatic rings. The second-order valence-corrected chi connectivity index (χ2v) is 2.60. The van der Waals surface area contributed by atoms with Crippen LogP contribution in [0.5, 0.6) is 0 Å². The summed E-state index contributed by atoms with van der Waals surface area (Å²) < 4.78 is 162. The highest BCUT2D eigenvalue weighted by Crippen LogP contribution is 2.32. The zero-order chi connectivity index (χ0) is 28.4. The van der Waals surface area contributed by atoms with E-state index in [1.807, 2.05) is 0 Å². The first-order valence-corrected chi connectivity index (χ1v) is 4.08. The highest BCUT2D eigenvalue weighted by molar-refractivity contribution is 5.84. The van der Waals surface area contributed by atoms with E-state index in [1.165, 1.54) is 0 Å². The number of rotatable bonds is 2. The maximum atomic E-state index is 9.77. The number of hydrogen-bond acceptors (Lipinski definition) is 0. The summed E-state index contributed by atoms with van der Waals surface area (Å²) in [5, 5.41) is 0. The Hall–Kier alpha value is -0.620. The number of hydrogen-bond donors (Lipinski definition) is 0. The Kier molecular flexibility index (Phi) is 0.749. The van der Waals surface area contributed by atoms with Crippen molar-refractivity contribution in [3.63, 3.8) is 0 Å². The molecule has 4 atom stereocenters. The SMILES string of the molecule is [2H]C1C([2H])([2H])C([2H])([2H])C([2H])([2H])C([2H])([2H])C1([2H])C(=[N+]=[N-])C1([2H])C([2H])C([2H])([2H])C([2H])([2H])C([2H])([2H])C1([2H])[2H]. The van der Waals surface area contributed by atoms with Crippen molar-refractivity contribution in [2.75, 3.05) is 0 Å². The average molecular weight is 226 g/mol. The van der Waals surface area contributed by atoms with E-state index in [-0.39, 0.29) is 0 Å². The van der Waals surface area contributed by atoms with Gasteiger partial charge in [-0.3, -0.25) is 0 Å². The average Bonchev–Trinajstić information content (AvgIpc) is 2.69. The fourth-order valence-electron chi connectivity index (χ4n) is 1.07. The van der Waals surface area contributed by atoms with Gasteiger partial charge in [-0.1, -0.05) is 38.2 Å². The molecule has 2 nitrogen and oxygen atoms in total. The van der Waals surface area contributed by atoms with Crippen LogP contribution in [0, 0.1) is 11.8 Å². The maximum absolute atomic E-state index is 9.77. The van der Waals surface area contributed by atoms with Crippen LogP contribution in [0.4, 0.5) is 0 Å². The van der Waals surface area contributed by atoms with Gasteiger partial charge in [-0.15, -0.1) is 0 Å². The van der Waals surface area contributed by atoms with E-state index in [0.29, 0.717) is 0 Å². The molecule has 0 amide bonds. The molecule has 2 rings (SSSR count). The summed E-state index contributed by atoms with van der Waals surface area (Å²) in [6, 6.07) is 0. The largest absolute Gasteiger partial charge is 0.362 e. The highest BCUT2D eigenvalue weighted by Gasteiger charge is 2.33. The zero-order valence-electron chi connectivity index (χ0n) is 27.5. The molecule has 0 aromatic carbocycles. The molecular weight excluding hydrogens is 184 g/mol. The van der Waals surface area contributed by atoms with Crippen LogP contribution in [0.25, 0.3) is 5.53 Å². The lowest BCUT2D eigenvalue weighted by Crippen LogP contribution is -2.28. The molecule has 0 aromatic rings. The van der Waals surface area contributed by atoms with Crippen LogP contribution in [0.15, 0.2) is 0 Å². The fourth-order valence-corrected chi connectivity index (χ4v) is 1.07. The lowest BCUT2D eigenvalue weighted by molar-refractivity contribution is -0.0246. The van der Waals surface area contributed by atoms with Gasteiger partial charge in [0.1, 0.15) is 0 Å². The molecule has 0 N–H and O–H groups in total. The Labute approximate surface area is 121 Å². The van der Waals surface area contributed by atoms with E-state index in [1.54, 1.807) is 0 Å². The normalized spacial score (nSPS) is 98.1. The monoisotopic (exact) mass is 226 g/mol. The van der Waals surface area contributed by atoms with Crippen molar-refractivity contribution < 1.29 is 32.2 Å². The summed E-state index contributed by atoms with van der Waals surface area (Å²) in [5.74, 6) is -8.10. The van der Waals surface area contributed by atoms with Crippen LogP contribution in [0.1, 0.15) is 91.2 Å². The minimum Gasteiger partial charge on any atom is -0.362 e. The predicted octanol–water partition coefficient (Wildman–Crippen LogP) is 3.82. The van der Waals surface area contributed by atoms with Crippen molar-refractivity contribution in [2.45, 2.75) is 63.8 Å². The van der Waals surface area contributed by atoms with Crippen molar-refractivity contribution in [1.29, 1.82) is 0 Å². The minimum absolute atomic E-state index is 2.06. The summed E-state index contributed by atoms with van der Waals surface area (Å²) in [4.78, 5) is 2.44. The van der Waals surface area contributed by atoms with Gasteiger partial charge in [0.25, 0.3) is 5.71 Å². The molecule has 84 valence electrons. The van der Waals surface area contributed by atoms with Gasteiger partial charge in [0.15, 0.2) is 0 Å². The summed E-state index contributed by atoms with van der Waals surface area (Å²) in [6.07, 6.45) is -37.8. The molecule has 0 bridgehead atoms. The van der Waals surface area contributed by atoms with Gasteiger partial charge in [-0.2, -0.15) is 4.79 Å². The first kappa shape index (κ1) is 2.06. The van der Waals surface area contributed by atoms with Gasteiger partial charge in [-0.25, -0.2) is 0 Å². The van der Waals surface area contributed by atoms with Crippen LogP contribution in [-0.4, -0.2) is 10.5 Å². The predicted molar refractivity (Wildman–Crippen MR) is 61.8 cm³/mol. The lowest BCUT2D eigenvalue weighted by atomic mass is 9.76. The van der Waals surface area contributed by atoms with E-state index in [2.05, 4.69) is 4.79 Å². The molecule has 4 unspecified atom stereocenters. The highest BCUT2D eigenvalue weighted by atomic mass is 14.9. The van der Waals surface area contributed by atoms with Crippen LogP contribution in [-0.2, 0) is 0 Å². The molecule has 2 fully saturated rings. The molecule has 0 aliphatic heterocycles. The molecular formula is C13H22N2. The van der Waals surface area contributed by atoms with E-state index in [9.17, 15) is 5.53 Å². The van der Waals surface area contributed by atoms with Gasteiger partial charge >= 0.3 is 0 Å². The van der Waals surface area contributed by atoms with E-state index in [4.69, 9.17) is 27.4 Å². The summed E-state index contributed by atoms with van der Waals surface area (Å²) >= 11 is 0. The van der Waals surface area contributed by atoms with Crippen molar-refractivity contribution in [3.8, 4) is 0 Å². The fraction of sp³-hybridized carbons (Fsp3) is 0.923. The molecule has 2 aliphatic carbocycles. The molecule has 0 heterocycles. The van der Waals surface area contributed by atoms with Gasteiger partial charge < -0.3 is 5.53 Å². The van der Waals surface area contributed by atoms with Crippen molar-refractivity contribution in [1.82, 2.24) is 0 Å². The van der Waals surface area contributed by atoms with Gasteiger partial charge in [0, 0.05) is 27.4 Å². The molecule has 0 saturated heterocycles. The molecule has 0 radical (unpaired) electrons. The maximum Gasteiger partial charge on any atom is 0.274 e. The van der Waals surface area contributed by atoms with E-state index in [0.717, 1.165) is 0 Å². The Morgan fingerprint density at radius 3 is 2.00 bits per heavy atom. The standard InChI is InChI=1S/C13H22N2/c14-15-13(11-7-3-1-4-8-11)12-9-5-2-6-10-12/h11-12H,1-10H2/i1D2,2D2,3D2,4D2,5D2,6D2,7D,8D2,9D,10D2,11D,12D. The quantitative estimate of drug-likeness (QED) is 0.390. The zero-order valence-corrected chi connectivity index (χ0v) is 7.55. The molecule has 2 heteroatoms. The van der Waals surface area contributed by atoms with Crippen LogP contribution in [0.3, 0.4) is 0 Å². The van der Waals surface area contributed by atoms with Crippen molar-refractivity contribution in [2.24, 2.45) is 11.8 Å². The van der Waals surface area contributed by atoms with Gasteiger partial charge in [-0.05, 0) is 25.5 Å². The first-order chi connectivity index (χ1) is 15.0.